The maximum absolute atomic E-state index is 11.3. The van der Waals surface area contributed by atoms with E-state index >= 15 is 0 Å². The third-order valence-corrected chi connectivity index (χ3v) is 3.32. The fraction of sp³-hybridized carbons (Fsp3) is 0.111. The molecule has 0 fully saturated rings. The Morgan fingerprint density at radius 3 is 2.56 bits per heavy atom. The molecule has 7 heteroatoms. The summed E-state index contributed by atoms with van der Waals surface area (Å²) in [6.07, 6.45) is 2.58. The Kier molecular flexibility index (Phi) is 5.48. The number of benzene rings is 2. The first-order valence-electron chi connectivity index (χ1n) is 7.17. The second-order valence-corrected chi connectivity index (χ2v) is 5.03. The van der Waals surface area contributed by atoms with Crippen LogP contribution in [0.25, 0.3) is 6.08 Å². The van der Waals surface area contributed by atoms with Crippen molar-refractivity contribution >= 4 is 17.7 Å². The zero-order valence-corrected chi connectivity index (χ0v) is 13.6. The molecule has 2 aromatic rings. The number of hydrogen-bond acceptors (Lipinski definition) is 6. The molecule has 0 amide bonds. The Bertz CT molecular complexity index is 897. The molecule has 0 N–H and O–H groups in total. The van der Waals surface area contributed by atoms with Crippen molar-refractivity contribution in [1.82, 2.24) is 0 Å². The van der Waals surface area contributed by atoms with Crippen molar-refractivity contribution in [2.24, 2.45) is 0 Å². The van der Waals surface area contributed by atoms with Gasteiger partial charge in [0.1, 0.15) is 5.75 Å². The van der Waals surface area contributed by atoms with Gasteiger partial charge < -0.3 is 9.47 Å². The average Bonchev–Trinajstić information content (AvgIpc) is 2.61. The lowest BCUT2D eigenvalue weighted by Crippen LogP contribution is -1.96. The van der Waals surface area contributed by atoms with Gasteiger partial charge in [0.05, 0.1) is 23.7 Å². The monoisotopic (exact) mass is 338 g/mol. The number of esters is 1. The van der Waals surface area contributed by atoms with Crippen LogP contribution in [0.1, 0.15) is 16.7 Å². The molecule has 0 aliphatic rings. The van der Waals surface area contributed by atoms with Crippen molar-refractivity contribution in [2.45, 2.75) is 6.92 Å². The van der Waals surface area contributed by atoms with Crippen LogP contribution in [-0.2, 0) is 9.53 Å². The highest BCUT2D eigenvalue weighted by Gasteiger charge is 2.17. The summed E-state index contributed by atoms with van der Waals surface area (Å²) in [5.41, 5.74) is 1.38. The molecule has 0 unspecified atom stereocenters. The van der Waals surface area contributed by atoms with Crippen molar-refractivity contribution in [3.05, 3.63) is 69.3 Å². The topological polar surface area (TPSA) is 102 Å². The number of carbonyl (C=O) groups excluding carboxylic acids is 1. The lowest BCUT2D eigenvalue weighted by molar-refractivity contribution is -0.385. The highest BCUT2D eigenvalue weighted by Crippen LogP contribution is 2.34. The summed E-state index contributed by atoms with van der Waals surface area (Å²) in [7, 11) is 1.24. The first kappa shape index (κ1) is 17.7. The molecule has 0 aromatic heterocycles. The molecule has 2 aromatic carbocycles. The van der Waals surface area contributed by atoms with E-state index in [-0.39, 0.29) is 11.4 Å². The highest BCUT2D eigenvalue weighted by atomic mass is 16.6. The molecule has 0 aliphatic carbocycles. The van der Waals surface area contributed by atoms with Gasteiger partial charge in [0.25, 0.3) is 0 Å². The molecule has 0 radical (unpaired) electrons. The van der Waals surface area contributed by atoms with Gasteiger partial charge in [-0.05, 0) is 48.4 Å². The van der Waals surface area contributed by atoms with E-state index in [0.29, 0.717) is 22.4 Å². The predicted octanol–water partition coefficient (Wildman–Crippen LogP) is 3.75. The molecular formula is C18H14N2O5. The molecule has 126 valence electrons. The SMILES string of the molecule is COC(=O)C=Cc1ccc(Oc2ccc(C#N)cc2C)c([N+](=O)[O-])c1. The van der Waals surface area contributed by atoms with Crippen LogP contribution in [0.2, 0.25) is 0 Å². The van der Waals surface area contributed by atoms with Crippen molar-refractivity contribution in [1.29, 1.82) is 5.26 Å². The smallest absolute Gasteiger partial charge is 0.330 e. The van der Waals surface area contributed by atoms with Gasteiger partial charge in [-0.2, -0.15) is 5.26 Å². The van der Waals surface area contributed by atoms with E-state index in [1.807, 2.05) is 6.07 Å². The standard InChI is InChI=1S/C18H14N2O5/c1-12-9-14(11-19)4-6-16(12)25-17-7-3-13(5-8-18(21)24-2)10-15(17)20(22)23/h3-10H,1-2H3. The van der Waals surface area contributed by atoms with E-state index in [2.05, 4.69) is 4.74 Å². The number of nitriles is 1. The second-order valence-electron chi connectivity index (χ2n) is 5.03. The summed E-state index contributed by atoms with van der Waals surface area (Å²) in [6.45, 7) is 1.75. The van der Waals surface area contributed by atoms with Crippen molar-refractivity contribution in [2.75, 3.05) is 7.11 Å². The molecule has 0 atom stereocenters. The van der Waals surface area contributed by atoms with Gasteiger partial charge in [-0.3, -0.25) is 10.1 Å². The van der Waals surface area contributed by atoms with Gasteiger partial charge in [0, 0.05) is 12.1 Å². The third kappa shape index (κ3) is 4.42. The lowest BCUT2D eigenvalue weighted by Gasteiger charge is -2.09. The van der Waals surface area contributed by atoms with Gasteiger partial charge >= 0.3 is 11.7 Å². The van der Waals surface area contributed by atoms with E-state index in [0.717, 1.165) is 0 Å². The zero-order valence-electron chi connectivity index (χ0n) is 13.6. The minimum Gasteiger partial charge on any atom is -0.466 e. The number of nitro benzene ring substituents is 1. The maximum Gasteiger partial charge on any atom is 0.330 e. The largest absolute Gasteiger partial charge is 0.466 e. The van der Waals surface area contributed by atoms with Gasteiger partial charge in [-0.15, -0.1) is 0 Å². The van der Waals surface area contributed by atoms with Crippen LogP contribution in [0, 0.1) is 28.4 Å². The van der Waals surface area contributed by atoms with E-state index in [1.54, 1.807) is 31.2 Å². The molecule has 7 nitrogen and oxygen atoms in total. The number of nitrogens with zero attached hydrogens (tertiary/aromatic N) is 2. The fourth-order valence-electron chi connectivity index (χ4n) is 2.05. The maximum atomic E-state index is 11.3. The zero-order chi connectivity index (χ0) is 18.4. The predicted molar refractivity (Wildman–Crippen MR) is 90.1 cm³/mol. The normalized spacial score (nSPS) is 10.3. The summed E-state index contributed by atoms with van der Waals surface area (Å²) in [6, 6.07) is 11.1. The van der Waals surface area contributed by atoms with Crippen LogP contribution < -0.4 is 4.74 Å². The number of nitro groups is 1. The van der Waals surface area contributed by atoms with E-state index in [9.17, 15) is 14.9 Å². The van der Waals surface area contributed by atoms with Gasteiger partial charge in [-0.25, -0.2) is 4.79 Å². The van der Waals surface area contributed by atoms with Gasteiger partial charge in [-0.1, -0.05) is 6.07 Å². The third-order valence-electron chi connectivity index (χ3n) is 3.32. The molecular weight excluding hydrogens is 324 g/mol. The number of rotatable bonds is 5. The highest BCUT2D eigenvalue weighted by molar-refractivity contribution is 5.87. The summed E-state index contributed by atoms with van der Waals surface area (Å²) in [5.74, 6) is -0.0795. The quantitative estimate of drug-likeness (QED) is 0.356. The van der Waals surface area contributed by atoms with Crippen LogP contribution in [0.15, 0.2) is 42.5 Å². The first-order chi connectivity index (χ1) is 11.9. The summed E-state index contributed by atoms with van der Waals surface area (Å²) >= 11 is 0. The molecule has 25 heavy (non-hydrogen) atoms. The van der Waals surface area contributed by atoms with Gasteiger partial charge in [0.15, 0.2) is 0 Å². The number of methoxy groups -OCH3 is 1. The first-order valence-corrected chi connectivity index (χ1v) is 7.17. The number of hydrogen-bond donors (Lipinski definition) is 0. The van der Waals surface area contributed by atoms with Crippen molar-refractivity contribution in [3.63, 3.8) is 0 Å². The summed E-state index contributed by atoms with van der Waals surface area (Å²) in [5, 5.41) is 20.2. The van der Waals surface area contributed by atoms with E-state index < -0.39 is 10.9 Å². The van der Waals surface area contributed by atoms with Crippen LogP contribution in [0.5, 0.6) is 11.5 Å². The molecule has 0 bridgehead atoms. The van der Waals surface area contributed by atoms with Gasteiger partial charge in [0.2, 0.25) is 5.75 Å². The Morgan fingerprint density at radius 2 is 1.96 bits per heavy atom. The van der Waals surface area contributed by atoms with Crippen molar-refractivity contribution in [3.8, 4) is 17.6 Å². The van der Waals surface area contributed by atoms with E-state index in [4.69, 9.17) is 10.00 Å². The molecule has 0 aliphatic heterocycles. The molecule has 2 rings (SSSR count). The van der Waals surface area contributed by atoms with E-state index in [1.165, 1.54) is 31.4 Å². The molecule has 0 saturated carbocycles. The van der Waals surface area contributed by atoms with Crippen LogP contribution in [0.3, 0.4) is 0 Å². The minimum atomic E-state index is -0.566. The number of carbonyl (C=O) groups is 1. The fourth-order valence-corrected chi connectivity index (χ4v) is 2.05. The molecule has 0 heterocycles. The Hall–Kier alpha value is -3.66. The Labute approximate surface area is 143 Å². The second kappa shape index (κ2) is 7.75. The lowest BCUT2D eigenvalue weighted by atomic mass is 10.1. The Morgan fingerprint density at radius 1 is 1.24 bits per heavy atom. The van der Waals surface area contributed by atoms with Crippen LogP contribution in [-0.4, -0.2) is 18.0 Å². The molecule has 0 spiro atoms. The average molecular weight is 338 g/mol. The molecule has 0 saturated heterocycles. The van der Waals surface area contributed by atoms with Crippen LogP contribution in [0.4, 0.5) is 5.69 Å². The number of ether oxygens (including phenoxy) is 2. The van der Waals surface area contributed by atoms with Crippen LogP contribution >= 0.6 is 0 Å². The summed E-state index contributed by atoms with van der Waals surface area (Å²) < 4.78 is 10.1. The Balaban J connectivity index is 2.35. The minimum absolute atomic E-state index is 0.0630. The van der Waals surface area contributed by atoms with Crippen molar-refractivity contribution < 1.29 is 19.2 Å². The summed E-state index contributed by atoms with van der Waals surface area (Å²) in [4.78, 5) is 21.9. The number of aryl methyl sites for hydroxylation is 1.